The molecule has 0 aliphatic carbocycles. The molecule has 0 fully saturated rings. The zero-order valence-electron chi connectivity index (χ0n) is 9.85. The molecule has 0 bridgehead atoms. The highest BCUT2D eigenvalue weighted by Crippen LogP contribution is 2.33. The van der Waals surface area contributed by atoms with Crippen LogP contribution in [0.3, 0.4) is 0 Å². The van der Waals surface area contributed by atoms with E-state index in [1.165, 1.54) is 11.3 Å². The fraction of sp³-hybridized carbons (Fsp3) is 0.0769. The first-order chi connectivity index (χ1) is 9.10. The molecule has 3 nitrogen and oxygen atoms in total. The molecule has 0 radical (unpaired) electrons. The Balaban J connectivity index is 2.29. The Hall–Kier alpha value is -1.36. The summed E-state index contributed by atoms with van der Waals surface area (Å²) in [5, 5.41) is 1.04. The molecule has 0 saturated carbocycles. The van der Waals surface area contributed by atoms with Crippen molar-refractivity contribution >= 4 is 45.8 Å². The maximum absolute atomic E-state index is 11.3. The summed E-state index contributed by atoms with van der Waals surface area (Å²) in [5.74, 6) is 0. The van der Waals surface area contributed by atoms with Gasteiger partial charge < -0.3 is 0 Å². The number of rotatable bonds is 2. The molecule has 0 unspecified atom stereocenters. The SMILES string of the molecule is Cc1cn2c(C=O)c(-c3ccc(Cl)cc3Cl)nc2s1. The molecule has 1 aromatic carbocycles. The normalized spacial score (nSPS) is 11.1. The highest BCUT2D eigenvalue weighted by atomic mass is 35.5. The predicted molar refractivity (Wildman–Crippen MR) is 78.6 cm³/mol. The van der Waals surface area contributed by atoms with Gasteiger partial charge in [-0.2, -0.15) is 0 Å². The highest BCUT2D eigenvalue weighted by molar-refractivity contribution is 7.17. The second kappa shape index (κ2) is 4.63. The third kappa shape index (κ3) is 2.06. The molecule has 0 saturated heterocycles. The molecule has 2 heterocycles. The average molecular weight is 311 g/mol. The molecular weight excluding hydrogens is 303 g/mol. The van der Waals surface area contributed by atoms with Crippen LogP contribution in [0.25, 0.3) is 16.2 Å². The van der Waals surface area contributed by atoms with Gasteiger partial charge in [-0.15, -0.1) is 11.3 Å². The molecule has 3 aromatic rings. The van der Waals surface area contributed by atoms with Crippen LogP contribution in [0.4, 0.5) is 0 Å². The van der Waals surface area contributed by atoms with Crippen molar-refractivity contribution in [1.82, 2.24) is 9.38 Å². The topological polar surface area (TPSA) is 34.4 Å². The summed E-state index contributed by atoms with van der Waals surface area (Å²) in [6.07, 6.45) is 2.69. The molecule has 3 rings (SSSR count). The van der Waals surface area contributed by atoms with Crippen LogP contribution < -0.4 is 0 Å². The van der Waals surface area contributed by atoms with Gasteiger partial charge in [-0.3, -0.25) is 9.20 Å². The summed E-state index contributed by atoms with van der Waals surface area (Å²) in [6, 6.07) is 5.15. The number of aromatic nitrogens is 2. The second-order valence-corrected chi connectivity index (χ2v) is 6.14. The number of aldehydes is 1. The summed E-state index contributed by atoms with van der Waals surface area (Å²) in [5.41, 5.74) is 1.80. The Kier molecular flexibility index (Phi) is 3.09. The van der Waals surface area contributed by atoms with Crippen LogP contribution in [-0.4, -0.2) is 15.7 Å². The van der Waals surface area contributed by atoms with Crippen LogP contribution >= 0.6 is 34.5 Å². The fourth-order valence-corrected chi connectivity index (χ4v) is 3.30. The van der Waals surface area contributed by atoms with Gasteiger partial charge in [0.05, 0.1) is 5.02 Å². The first-order valence-corrected chi connectivity index (χ1v) is 7.06. The second-order valence-electron chi connectivity index (χ2n) is 4.08. The largest absolute Gasteiger partial charge is 0.296 e. The molecule has 0 spiro atoms. The van der Waals surface area contributed by atoms with E-state index in [1.54, 1.807) is 22.6 Å². The molecule has 0 aliphatic rings. The zero-order valence-corrected chi connectivity index (χ0v) is 12.2. The van der Waals surface area contributed by atoms with E-state index in [2.05, 4.69) is 4.98 Å². The number of imidazole rings is 1. The maximum Gasteiger partial charge on any atom is 0.195 e. The molecule has 2 aromatic heterocycles. The van der Waals surface area contributed by atoms with Gasteiger partial charge in [-0.25, -0.2) is 4.98 Å². The van der Waals surface area contributed by atoms with Crippen LogP contribution in [-0.2, 0) is 0 Å². The number of carbonyl (C=O) groups is 1. The van der Waals surface area contributed by atoms with Gasteiger partial charge in [0.1, 0.15) is 11.4 Å². The number of hydrogen-bond acceptors (Lipinski definition) is 3. The van der Waals surface area contributed by atoms with Crippen LogP contribution in [0.5, 0.6) is 0 Å². The van der Waals surface area contributed by atoms with Crippen molar-refractivity contribution in [3.63, 3.8) is 0 Å². The number of carbonyl (C=O) groups excluding carboxylic acids is 1. The van der Waals surface area contributed by atoms with E-state index < -0.39 is 0 Å². The maximum atomic E-state index is 11.3. The average Bonchev–Trinajstić information content (AvgIpc) is 2.84. The molecule has 19 heavy (non-hydrogen) atoms. The van der Waals surface area contributed by atoms with Gasteiger partial charge in [0.2, 0.25) is 0 Å². The van der Waals surface area contributed by atoms with Crippen LogP contribution in [0.2, 0.25) is 10.0 Å². The Bertz CT molecular complexity index is 791. The van der Waals surface area contributed by atoms with E-state index >= 15 is 0 Å². The zero-order chi connectivity index (χ0) is 13.6. The molecule has 6 heteroatoms. The van der Waals surface area contributed by atoms with Crippen LogP contribution in [0.15, 0.2) is 24.4 Å². The molecule has 96 valence electrons. The number of benzene rings is 1. The Morgan fingerprint density at radius 3 is 2.84 bits per heavy atom. The Labute approximate surface area is 123 Å². The number of thiazole rings is 1. The van der Waals surface area contributed by atoms with Gasteiger partial charge in [0, 0.05) is 21.7 Å². The first kappa shape index (κ1) is 12.7. The van der Waals surface area contributed by atoms with Crippen LogP contribution in [0.1, 0.15) is 15.4 Å². The smallest absolute Gasteiger partial charge is 0.195 e. The molecule has 0 aliphatic heterocycles. The van der Waals surface area contributed by atoms with Gasteiger partial charge >= 0.3 is 0 Å². The van der Waals surface area contributed by atoms with Crippen molar-refractivity contribution in [2.45, 2.75) is 6.92 Å². The van der Waals surface area contributed by atoms with Crippen molar-refractivity contribution in [2.24, 2.45) is 0 Å². The fourth-order valence-electron chi connectivity index (χ4n) is 1.97. The summed E-state index contributed by atoms with van der Waals surface area (Å²) in [7, 11) is 0. The molecular formula is C13H8Cl2N2OS. The highest BCUT2D eigenvalue weighted by Gasteiger charge is 2.17. The first-order valence-electron chi connectivity index (χ1n) is 5.49. The van der Waals surface area contributed by atoms with Crippen molar-refractivity contribution in [2.75, 3.05) is 0 Å². The third-order valence-electron chi connectivity index (χ3n) is 2.78. The lowest BCUT2D eigenvalue weighted by atomic mass is 10.1. The number of aryl methyl sites for hydroxylation is 1. The molecule has 0 N–H and O–H groups in total. The predicted octanol–water partition coefficient (Wildman–Crippen LogP) is 4.49. The van der Waals surface area contributed by atoms with Gasteiger partial charge in [-0.05, 0) is 25.1 Å². The standard InChI is InChI=1S/C13H8Cl2N2OS/c1-7-5-17-11(6-18)12(16-13(17)19-7)9-3-2-8(14)4-10(9)15/h2-6H,1H3. The molecule has 0 atom stereocenters. The Morgan fingerprint density at radius 2 is 2.16 bits per heavy atom. The van der Waals surface area contributed by atoms with Crippen molar-refractivity contribution in [3.8, 4) is 11.3 Å². The lowest BCUT2D eigenvalue weighted by Gasteiger charge is -2.02. The molecule has 0 amide bonds. The number of fused-ring (bicyclic) bond motifs is 1. The lowest BCUT2D eigenvalue weighted by molar-refractivity contribution is 0.111. The van der Waals surface area contributed by atoms with E-state index in [0.717, 1.165) is 16.1 Å². The van der Waals surface area contributed by atoms with Crippen molar-refractivity contribution in [1.29, 1.82) is 0 Å². The van der Waals surface area contributed by atoms with Gasteiger partial charge in [-0.1, -0.05) is 23.2 Å². The summed E-state index contributed by atoms with van der Waals surface area (Å²) >= 11 is 13.6. The van der Waals surface area contributed by atoms with Gasteiger partial charge in [0.25, 0.3) is 0 Å². The minimum absolute atomic E-state index is 0.484. The van der Waals surface area contributed by atoms with E-state index in [-0.39, 0.29) is 0 Å². The van der Waals surface area contributed by atoms with Gasteiger partial charge in [0.15, 0.2) is 11.2 Å². The third-order valence-corrected chi connectivity index (χ3v) is 4.22. The lowest BCUT2D eigenvalue weighted by Crippen LogP contribution is -1.91. The summed E-state index contributed by atoms with van der Waals surface area (Å²) in [4.78, 5) is 17.7. The number of nitrogens with zero attached hydrogens (tertiary/aromatic N) is 2. The van der Waals surface area contributed by atoms with E-state index in [0.29, 0.717) is 27.0 Å². The number of halogens is 2. The van der Waals surface area contributed by atoms with E-state index in [9.17, 15) is 4.79 Å². The number of hydrogen-bond donors (Lipinski definition) is 0. The van der Waals surface area contributed by atoms with Crippen molar-refractivity contribution in [3.05, 3.63) is 45.0 Å². The minimum atomic E-state index is 0.484. The van der Waals surface area contributed by atoms with Crippen LogP contribution in [0, 0.1) is 6.92 Å². The summed E-state index contributed by atoms with van der Waals surface area (Å²) < 4.78 is 1.78. The minimum Gasteiger partial charge on any atom is -0.296 e. The monoisotopic (exact) mass is 310 g/mol. The summed E-state index contributed by atoms with van der Waals surface area (Å²) in [6.45, 7) is 1.98. The van der Waals surface area contributed by atoms with E-state index in [4.69, 9.17) is 23.2 Å². The van der Waals surface area contributed by atoms with Crippen molar-refractivity contribution < 1.29 is 4.79 Å². The van der Waals surface area contributed by atoms with E-state index in [1.807, 2.05) is 13.1 Å². The quantitative estimate of drug-likeness (QED) is 0.653. The Morgan fingerprint density at radius 1 is 1.37 bits per heavy atom.